The van der Waals surface area contributed by atoms with Gasteiger partial charge in [0.05, 0.1) is 11.1 Å². The van der Waals surface area contributed by atoms with E-state index in [1.807, 2.05) is 0 Å². The Labute approximate surface area is 128 Å². The highest BCUT2D eigenvalue weighted by Crippen LogP contribution is 2.27. The maximum atomic E-state index is 11.0. The van der Waals surface area contributed by atoms with Crippen LogP contribution in [0.2, 0.25) is 10.0 Å². The third-order valence-electron chi connectivity index (χ3n) is 2.90. The smallest absolute Gasteiger partial charge is 0.234 e. The molecule has 2 atom stereocenters. The summed E-state index contributed by atoms with van der Waals surface area (Å²) in [6.07, 6.45) is -0.770. The molecular weight excluding hydrogens is 303 g/mol. The zero-order chi connectivity index (χ0) is 15.3. The number of likely N-dealkylation sites (N-methyl/N-ethyl adjacent to an activating group) is 1. The number of halogens is 2. The largest absolute Gasteiger partial charge is 0.489 e. The van der Waals surface area contributed by atoms with Crippen LogP contribution in [0.25, 0.3) is 0 Å². The number of hydrogen-bond acceptors (Lipinski definition) is 4. The van der Waals surface area contributed by atoms with Gasteiger partial charge >= 0.3 is 0 Å². The number of hydrogen-bond donors (Lipinski definition) is 2. The van der Waals surface area contributed by atoms with E-state index in [1.165, 1.54) is 0 Å². The number of amides is 1. The lowest BCUT2D eigenvalue weighted by molar-refractivity contribution is -0.122. The van der Waals surface area contributed by atoms with E-state index in [1.54, 1.807) is 37.1 Å². The molecule has 0 radical (unpaired) electrons. The predicted molar refractivity (Wildman–Crippen MR) is 79.3 cm³/mol. The molecule has 5 nitrogen and oxygen atoms in total. The number of rotatable bonds is 7. The van der Waals surface area contributed by atoms with Crippen LogP contribution in [0.15, 0.2) is 18.2 Å². The van der Waals surface area contributed by atoms with Gasteiger partial charge < -0.3 is 15.6 Å². The van der Waals surface area contributed by atoms with E-state index in [0.717, 1.165) is 0 Å². The zero-order valence-electron chi connectivity index (χ0n) is 11.3. The highest BCUT2D eigenvalue weighted by Gasteiger charge is 2.18. The second-order valence-corrected chi connectivity index (χ2v) is 5.40. The number of carbonyl (C=O) groups excluding carboxylic acids is 1. The van der Waals surface area contributed by atoms with Gasteiger partial charge in [0.1, 0.15) is 18.5 Å². The van der Waals surface area contributed by atoms with Crippen LogP contribution in [0.4, 0.5) is 0 Å². The third kappa shape index (κ3) is 5.17. The molecule has 0 saturated carbocycles. The number of nitrogens with two attached hydrogens (primary N) is 1. The van der Waals surface area contributed by atoms with Gasteiger partial charge in [-0.05, 0) is 32.2 Å². The molecule has 0 aliphatic rings. The summed E-state index contributed by atoms with van der Waals surface area (Å²) in [6.45, 7) is 1.98. The van der Waals surface area contributed by atoms with E-state index in [2.05, 4.69) is 0 Å². The first-order valence-corrected chi connectivity index (χ1v) is 6.82. The quantitative estimate of drug-likeness (QED) is 0.799. The maximum absolute atomic E-state index is 11.0. The minimum absolute atomic E-state index is 0.0528. The molecule has 0 aliphatic carbocycles. The molecule has 1 aromatic rings. The molecule has 0 aliphatic heterocycles. The van der Waals surface area contributed by atoms with E-state index in [-0.39, 0.29) is 13.2 Å². The molecular formula is C13H18Cl2N2O3. The number of ether oxygens (including phenoxy) is 1. The first-order valence-electron chi connectivity index (χ1n) is 6.06. The summed E-state index contributed by atoms with van der Waals surface area (Å²) in [5, 5.41) is 10.8. The molecule has 0 saturated heterocycles. The lowest BCUT2D eigenvalue weighted by Gasteiger charge is -2.24. The van der Waals surface area contributed by atoms with E-state index < -0.39 is 18.1 Å². The average Bonchev–Trinajstić information content (AvgIpc) is 2.36. The molecule has 0 aromatic heterocycles. The van der Waals surface area contributed by atoms with Gasteiger partial charge in [-0.1, -0.05) is 23.2 Å². The molecule has 1 amide bonds. The predicted octanol–water partition coefficient (Wildman–Crippen LogP) is 1.54. The number of nitrogens with zero attached hydrogens (tertiary/aromatic N) is 1. The van der Waals surface area contributed by atoms with Crippen molar-refractivity contribution in [1.29, 1.82) is 0 Å². The molecule has 112 valence electrons. The van der Waals surface area contributed by atoms with Crippen molar-refractivity contribution in [3.8, 4) is 5.75 Å². The Morgan fingerprint density at radius 3 is 2.70 bits per heavy atom. The molecule has 0 heterocycles. The monoisotopic (exact) mass is 320 g/mol. The van der Waals surface area contributed by atoms with Gasteiger partial charge in [-0.3, -0.25) is 9.69 Å². The van der Waals surface area contributed by atoms with Crippen LogP contribution in [0.1, 0.15) is 6.92 Å². The number of aliphatic hydroxyl groups is 1. The number of benzene rings is 1. The summed E-state index contributed by atoms with van der Waals surface area (Å²) in [6, 6.07) is 4.39. The molecule has 3 N–H and O–H groups in total. The lowest BCUT2D eigenvalue weighted by atomic mass is 10.2. The summed E-state index contributed by atoms with van der Waals surface area (Å²) < 4.78 is 5.41. The van der Waals surface area contributed by atoms with E-state index in [0.29, 0.717) is 15.8 Å². The van der Waals surface area contributed by atoms with Crippen LogP contribution in [0.5, 0.6) is 5.75 Å². The van der Waals surface area contributed by atoms with E-state index in [9.17, 15) is 9.90 Å². The lowest BCUT2D eigenvalue weighted by Crippen LogP contribution is -2.44. The Morgan fingerprint density at radius 2 is 2.15 bits per heavy atom. The van der Waals surface area contributed by atoms with Crippen LogP contribution in [0.3, 0.4) is 0 Å². The molecule has 0 bridgehead atoms. The fourth-order valence-electron chi connectivity index (χ4n) is 1.54. The van der Waals surface area contributed by atoms with Gasteiger partial charge in [0.15, 0.2) is 0 Å². The van der Waals surface area contributed by atoms with Gasteiger partial charge in [-0.25, -0.2) is 0 Å². The van der Waals surface area contributed by atoms with Crippen molar-refractivity contribution in [2.75, 3.05) is 20.2 Å². The minimum Gasteiger partial charge on any atom is -0.489 e. The molecule has 0 spiro atoms. The summed E-state index contributed by atoms with van der Waals surface area (Å²) in [5.41, 5.74) is 5.19. The number of primary amides is 1. The Morgan fingerprint density at radius 1 is 1.50 bits per heavy atom. The summed E-state index contributed by atoms with van der Waals surface area (Å²) in [4.78, 5) is 12.7. The van der Waals surface area contributed by atoms with Gasteiger partial charge in [0, 0.05) is 11.6 Å². The highest BCUT2D eigenvalue weighted by molar-refractivity contribution is 6.35. The van der Waals surface area contributed by atoms with Crippen molar-refractivity contribution < 1.29 is 14.6 Å². The maximum Gasteiger partial charge on any atom is 0.234 e. The molecule has 0 fully saturated rings. The van der Waals surface area contributed by atoms with Gasteiger partial charge in [0.2, 0.25) is 5.91 Å². The van der Waals surface area contributed by atoms with E-state index in [4.69, 9.17) is 33.7 Å². The number of carbonyl (C=O) groups is 1. The molecule has 20 heavy (non-hydrogen) atoms. The van der Waals surface area contributed by atoms with Crippen molar-refractivity contribution in [2.45, 2.75) is 19.1 Å². The normalized spacial score (nSPS) is 14.1. The fourth-order valence-corrected chi connectivity index (χ4v) is 2.00. The van der Waals surface area contributed by atoms with Crippen molar-refractivity contribution >= 4 is 29.1 Å². The summed E-state index contributed by atoms with van der Waals surface area (Å²) in [5.74, 6) is 0.00193. The first-order chi connectivity index (χ1) is 9.31. The molecule has 1 aromatic carbocycles. The van der Waals surface area contributed by atoms with Crippen molar-refractivity contribution in [3.05, 3.63) is 28.2 Å². The zero-order valence-corrected chi connectivity index (χ0v) is 12.9. The average molecular weight is 321 g/mol. The Kier molecular flexibility index (Phi) is 6.55. The highest BCUT2D eigenvalue weighted by atomic mass is 35.5. The first kappa shape index (κ1) is 17.0. The Hall–Kier alpha value is -1.01. The minimum atomic E-state index is -0.770. The van der Waals surface area contributed by atoms with Gasteiger partial charge in [-0.15, -0.1) is 0 Å². The topological polar surface area (TPSA) is 75.8 Å². The van der Waals surface area contributed by atoms with Crippen molar-refractivity contribution in [3.63, 3.8) is 0 Å². The molecule has 7 heteroatoms. The Bertz CT molecular complexity index is 471. The van der Waals surface area contributed by atoms with Gasteiger partial charge in [0.25, 0.3) is 0 Å². The molecule has 1 unspecified atom stereocenters. The summed E-state index contributed by atoms with van der Waals surface area (Å²) >= 11 is 11.7. The fraction of sp³-hybridized carbons (Fsp3) is 0.462. The third-order valence-corrected chi connectivity index (χ3v) is 3.43. The van der Waals surface area contributed by atoms with Gasteiger partial charge in [-0.2, -0.15) is 0 Å². The second-order valence-electron chi connectivity index (χ2n) is 4.56. The van der Waals surface area contributed by atoms with Crippen molar-refractivity contribution in [2.24, 2.45) is 5.73 Å². The molecule has 1 rings (SSSR count). The second kappa shape index (κ2) is 7.69. The van der Waals surface area contributed by atoms with Crippen LogP contribution < -0.4 is 10.5 Å². The van der Waals surface area contributed by atoms with Crippen LogP contribution in [-0.4, -0.2) is 48.3 Å². The summed E-state index contributed by atoms with van der Waals surface area (Å²) in [7, 11) is 1.70. The van der Waals surface area contributed by atoms with Crippen molar-refractivity contribution in [1.82, 2.24) is 4.90 Å². The van der Waals surface area contributed by atoms with Crippen LogP contribution in [0, 0.1) is 0 Å². The standard InChI is InChI=1S/C13H18Cl2N2O3/c1-8(13(16)19)17(2)6-10(18)7-20-12-4-3-9(14)5-11(12)15/h3-5,8,10,18H,6-7H2,1-2H3,(H2,16,19)/t8-,10?/m1/s1. The Balaban J connectivity index is 2.47. The van der Waals surface area contributed by atoms with E-state index >= 15 is 0 Å². The van der Waals surface area contributed by atoms with Crippen LogP contribution >= 0.6 is 23.2 Å². The number of aliphatic hydroxyl groups excluding tert-OH is 1. The SMILES string of the molecule is C[C@H](C(N)=O)N(C)CC(O)COc1ccc(Cl)cc1Cl. The van der Waals surface area contributed by atoms with Crippen LogP contribution in [-0.2, 0) is 4.79 Å².